The van der Waals surface area contributed by atoms with Gasteiger partial charge in [0.05, 0.1) is 10.9 Å². The molecule has 2 heterocycles. The summed E-state index contributed by atoms with van der Waals surface area (Å²) in [5.74, 6) is -1.87. The minimum Gasteiger partial charge on any atom is -0.308 e. The van der Waals surface area contributed by atoms with E-state index in [4.69, 9.17) is 0 Å². The van der Waals surface area contributed by atoms with Crippen molar-refractivity contribution >= 4 is 32.2 Å². The molecule has 12 heteroatoms. The zero-order valence-electron chi connectivity index (χ0n) is 18.3. The van der Waals surface area contributed by atoms with Gasteiger partial charge in [-0.15, -0.1) is 11.3 Å². The molecule has 1 aliphatic rings. The summed E-state index contributed by atoms with van der Waals surface area (Å²) in [4.78, 5) is 29.6. The number of thiazole rings is 1. The second-order valence-corrected chi connectivity index (χ2v) is 11.3. The fourth-order valence-electron chi connectivity index (χ4n) is 4.39. The maximum absolute atomic E-state index is 13.4. The number of aryl methyl sites for hydroxylation is 1. The molecule has 0 saturated heterocycles. The maximum Gasteiger partial charge on any atom is 0.471 e. The van der Waals surface area contributed by atoms with Crippen LogP contribution in [0.4, 0.5) is 18.3 Å². The first-order chi connectivity index (χ1) is 15.4. The van der Waals surface area contributed by atoms with E-state index < -0.39 is 40.1 Å². The van der Waals surface area contributed by atoms with Crippen molar-refractivity contribution in [3.05, 3.63) is 39.8 Å². The number of anilines is 1. The van der Waals surface area contributed by atoms with Crippen LogP contribution in [0.3, 0.4) is 0 Å². The first-order valence-electron chi connectivity index (χ1n) is 10.6. The molecule has 1 aliphatic carbocycles. The molecule has 1 fully saturated rings. The molecule has 2 aromatic heterocycles. The smallest absolute Gasteiger partial charge is 0.308 e. The van der Waals surface area contributed by atoms with E-state index in [0.717, 1.165) is 55.8 Å². The molecule has 3 rings (SSSR count). The molecular formula is C21H26F3N3O4S2. The lowest BCUT2D eigenvalue weighted by Gasteiger charge is -2.32. The number of nitrogens with zero attached hydrogens (tertiary/aromatic N) is 3. The second kappa shape index (κ2) is 9.96. The lowest BCUT2D eigenvalue weighted by atomic mass is 9.84. The normalized spacial score (nSPS) is 16.5. The second-order valence-electron chi connectivity index (χ2n) is 8.43. The Labute approximate surface area is 194 Å². The van der Waals surface area contributed by atoms with Crippen LogP contribution in [0.15, 0.2) is 33.4 Å². The largest absolute Gasteiger partial charge is 0.471 e. The number of carbonyl (C=O) groups is 1. The van der Waals surface area contributed by atoms with Crippen molar-refractivity contribution in [3.8, 4) is 0 Å². The Balaban J connectivity index is 2.06. The van der Waals surface area contributed by atoms with Crippen LogP contribution in [0.25, 0.3) is 0 Å². The highest BCUT2D eigenvalue weighted by atomic mass is 32.2. The summed E-state index contributed by atoms with van der Waals surface area (Å²) < 4.78 is 65.4. The summed E-state index contributed by atoms with van der Waals surface area (Å²) in [6.07, 6.45) is 2.43. The summed E-state index contributed by atoms with van der Waals surface area (Å²) in [6, 6.07) is 1.55. The number of hydrogen-bond donors (Lipinski definition) is 0. The molecule has 1 unspecified atom stereocenters. The number of sulfone groups is 1. The van der Waals surface area contributed by atoms with Gasteiger partial charge in [0.1, 0.15) is 0 Å². The molecule has 7 nitrogen and oxygen atoms in total. The average molecular weight is 506 g/mol. The molecule has 33 heavy (non-hydrogen) atoms. The quantitative estimate of drug-likeness (QED) is 0.565. The molecule has 0 spiro atoms. The van der Waals surface area contributed by atoms with E-state index in [9.17, 15) is 31.2 Å². The number of rotatable bonds is 7. The fraction of sp³-hybridized carbons (Fsp3) is 0.571. The van der Waals surface area contributed by atoms with E-state index in [1.54, 1.807) is 6.92 Å². The Bertz CT molecular complexity index is 1140. The van der Waals surface area contributed by atoms with Gasteiger partial charge in [0.25, 0.3) is 5.56 Å². The summed E-state index contributed by atoms with van der Waals surface area (Å²) in [7, 11) is -3.64. The highest BCUT2D eigenvalue weighted by Gasteiger charge is 2.44. The van der Waals surface area contributed by atoms with Crippen LogP contribution in [-0.2, 0) is 14.6 Å². The Kier molecular flexibility index (Phi) is 7.67. The SMILES string of the molecule is Cc1cc(S(C)(=O)=O)cc(=O)n1C(CC1CCCCC1)CN(C(=O)C(F)(F)F)c1nccs1. The van der Waals surface area contributed by atoms with Gasteiger partial charge in [0, 0.05) is 36.1 Å². The van der Waals surface area contributed by atoms with Crippen LogP contribution in [0, 0.1) is 12.8 Å². The minimum absolute atomic E-state index is 0.107. The molecule has 1 atom stereocenters. The number of amides is 1. The summed E-state index contributed by atoms with van der Waals surface area (Å²) in [5.41, 5.74) is -0.322. The molecule has 0 bridgehead atoms. The van der Waals surface area contributed by atoms with E-state index in [0.29, 0.717) is 17.0 Å². The van der Waals surface area contributed by atoms with Crippen LogP contribution in [0.1, 0.15) is 50.3 Å². The number of alkyl halides is 3. The van der Waals surface area contributed by atoms with Crippen molar-refractivity contribution in [1.82, 2.24) is 9.55 Å². The predicted octanol–water partition coefficient (Wildman–Crippen LogP) is 4.12. The third-order valence-electron chi connectivity index (χ3n) is 5.89. The van der Waals surface area contributed by atoms with Crippen LogP contribution in [-0.4, -0.2) is 42.9 Å². The lowest BCUT2D eigenvalue weighted by Crippen LogP contribution is -2.46. The van der Waals surface area contributed by atoms with Crippen molar-refractivity contribution < 1.29 is 26.4 Å². The van der Waals surface area contributed by atoms with Gasteiger partial charge < -0.3 is 4.57 Å². The van der Waals surface area contributed by atoms with Gasteiger partial charge in [-0.3, -0.25) is 14.5 Å². The van der Waals surface area contributed by atoms with Crippen molar-refractivity contribution in [2.24, 2.45) is 5.92 Å². The van der Waals surface area contributed by atoms with Gasteiger partial charge >= 0.3 is 12.1 Å². The van der Waals surface area contributed by atoms with E-state index in [-0.39, 0.29) is 15.9 Å². The Morgan fingerprint density at radius 1 is 1.27 bits per heavy atom. The third-order valence-corrected chi connectivity index (χ3v) is 7.78. The third kappa shape index (κ3) is 6.23. The fourth-order valence-corrected chi connectivity index (χ4v) is 5.74. The summed E-state index contributed by atoms with van der Waals surface area (Å²) in [6.45, 7) is 1.14. The van der Waals surface area contributed by atoms with E-state index in [1.165, 1.54) is 22.2 Å². The first-order valence-corrected chi connectivity index (χ1v) is 13.4. The van der Waals surface area contributed by atoms with Crippen molar-refractivity contribution in [2.75, 3.05) is 17.7 Å². The van der Waals surface area contributed by atoms with Crippen LogP contribution in [0.2, 0.25) is 0 Å². The highest BCUT2D eigenvalue weighted by molar-refractivity contribution is 7.90. The highest BCUT2D eigenvalue weighted by Crippen LogP contribution is 2.34. The molecule has 1 saturated carbocycles. The Hall–Kier alpha value is -2.21. The maximum atomic E-state index is 13.4. The average Bonchev–Trinajstić information content (AvgIpc) is 3.24. The number of carbonyl (C=O) groups excluding carboxylic acids is 1. The van der Waals surface area contributed by atoms with Crippen molar-refractivity contribution in [3.63, 3.8) is 0 Å². The number of halogens is 3. The number of hydrogen-bond acceptors (Lipinski definition) is 6. The molecular weight excluding hydrogens is 479 g/mol. The van der Waals surface area contributed by atoms with Gasteiger partial charge in [-0.05, 0) is 25.3 Å². The predicted molar refractivity (Wildman–Crippen MR) is 119 cm³/mol. The molecule has 182 valence electrons. The van der Waals surface area contributed by atoms with Gasteiger partial charge in [-0.2, -0.15) is 13.2 Å². The van der Waals surface area contributed by atoms with E-state index >= 15 is 0 Å². The van der Waals surface area contributed by atoms with Gasteiger partial charge in [0.2, 0.25) is 0 Å². The number of aromatic nitrogens is 2. The van der Waals surface area contributed by atoms with Gasteiger partial charge in [-0.25, -0.2) is 13.4 Å². The molecule has 0 radical (unpaired) electrons. The Morgan fingerprint density at radius 3 is 2.45 bits per heavy atom. The Morgan fingerprint density at radius 2 is 1.94 bits per heavy atom. The van der Waals surface area contributed by atoms with E-state index in [1.807, 2.05) is 0 Å². The van der Waals surface area contributed by atoms with Crippen LogP contribution >= 0.6 is 11.3 Å². The minimum atomic E-state index is -5.11. The standard InChI is InChI=1S/C21H26F3N3O4S2/c1-14-10-17(33(2,30)31)12-18(28)27(14)16(11-15-6-4-3-5-7-15)13-26(19(29)21(22,23)24)20-25-8-9-32-20/h8-10,12,15-16H,3-7,11,13H2,1-2H3. The van der Waals surface area contributed by atoms with Crippen molar-refractivity contribution in [1.29, 1.82) is 0 Å². The van der Waals surface area contributed by atoms with Crippen LogP contribution in [0.5, 0.6) is 0 Å². The lowest BCUT2D eigenvalue weighted by molar-refractivity contribution is -0.170. The zero-order chi connectivity index (χ0) is 24.4. The summed E-state index contributed by atoms with van der Waals surface area (Å²) in [5, 5.41) is 1.37. The van der Waals surface area contributed by atoms with E-state index in [2.05, 4.69) is 4.98 Å². The molecule has 0 aliphatic heterocycles. The molecule has 0 aromatic carbocycles. The zero-order valence-corrected chi connectivity index (χ0v) is 20.0. The van der Waals surface area contributed by atoms with Crippen LogP contribution < -0.4 is 10.5 Å². The molecule has 2 aromatic rings. The van der Waals surface area contributed by atoms with Gasteiger partial charge in [0.15, 0.2) is 15.0 Å². The monoisotopic (exact) mass is 505 g/mol. The van der Waals surface area contributed by atoms with Crippen molar-refractivity contribution in [2.45, 2.75) is 62.6 Å². The number of pyridine rings is 1. The summed E-state index contributed by atoms with van der Waals surface area (Å²) >= 11 is 0.900. The molecule has 0 N–H and O–H groups in total. The topological polar surface area (TPSA) is 89.3 Å². The molecule has 1 amide bonds. The first kappa shape index (κ1) is 25.4. The van der Waals surface area contributed by atoms with Gasteiger partial charge in [-0.1, -0.05) is 32.1 Å².